The Morgan fingerprint density at radius 2 is 2.45 bits per heavy atom. The van der Waals surface area contributed by atoms with Gasteiger partial charge in [-0.3, -0.25) is 4.84 Å². The molecule has 2 saturated heterocycles. The van der Waals surface area contributed by atoms with Crippen LogP contribution in [0.2, 0.25) is 0 Å². The van der Waals surface area contributed by atoms with Crippen LogP contribution in [0.4, 0.5) is 0 Å². The standard InChI is InChI=1S/C6H12N2O3/c1-4-5-6(9)11-7-8(5)2-3-10-4/h4-7,9H,2-3H2,1H3/t4-,5?,6?/m1/s1. The maximum absolute atomic E-state index is 9.29. The fourth-order valence-electron chi connectivity index (χ4n) is 1.52. The minimum atomic E-state index is -0.773. The highest BCUT2D eigenvalue weighted by Gasteiger charge is 2.41. The molecule has 0 saturated carbocycles. The van der Waals surface area contributed by atoms with Crippen LogP contribution < -0.4 is 5.59 Å². The molecular formula is C6H12N2O3. The zero-order valence-corrected chi connectivity index (χ0v) is 6.36. The van der Waals surface area contributed by atoms with Gasteiger partial charge in [0.05, 0.1) is 12.7 Å². The van der Waals surface area contributed by atoms with Crippen LogP contribution in [0, 0.1) is 0 Å². The van der Waals surface area contributed by atoms with Crippen LogP contribution in [0.25, 0.3) is 0 Å². The Labute approximate surface area is 64.8 Å². The van der Waals surface area contributed by atoms with E-state index in [1.54, 1.807) is 0 Å². The summed E-state index contributed by atoms with van der Waals surface area (Å²) in [5.74, 6) is 0. The van der Waals surface area contributed by atoms with Crippen LogP contribution in [-0.2, 0) is 9.57 Å². The van der Waals surface area contributed by atoms with Crippen LogP contribution in [0.5, 0.6) is 0 Å². The van der Waals surface area contributed by atoms with Gasteiger partial charge in [0.25, 0.3) is 0 Å². The van der Waals surface area contributed by atoms with Crippen LogP contribution in [0.3, 0.4) is 0 Å². The molecule has 2 unspecified atom stereocenters. The first-order valence-corrected chi connectivity index (χ1v) is 3.76. The van der Waals surface area contributed by atoms with Crippen LogP contribution >= 0.6 is 0 Å². The maximum Gasteiger partial charge on any atom is 0.195 e. The Hall–Kier alpha value is -0.200. The third-order valence-corrected chi connectivity index (χ3v) is 2.14. The zero-order valence-electron chi connectivity index (χ0n) is 6.36. The molecule has 2 N–H and O–H groups in total. The molecule has 5 nitrogen and oxygen atoms in total. The second kappa shape index (κ2) is 2.69. The van der Waals surface area contributed by atoms with E-state index in [0.717, 1.165) is 6.54 Å². The zero-order chi connectivity index (χ0) is 7.84. The van der Waals surface area contributed by atoms with Gasteiger partial charge in [-0.15, -0.1) is 5.59 Å². The largest absolute Gasteiger partial charge is 0.375 e. The SMILES string of the molecule is C[C@H]1OCCN2NOC(O)C12. The average Bonchev–Trinajstić information content (AvgIpc) is 2.34. The summed E-state index contributed by atoms with van der Waals surface area (Å²) in [5.41, 5.74) is 2.64. The van der Waals surface area contributed by atoms with Gasteiger partial charge in [0.2, 0.25) is 0 Å². The predicted molar refractivity (Wildman–Crippen MR) is 36.1 cm³/mol. The van der Waals surface area contributed by atoms with Crippen molar-refractivity contribution in [1.29, 1.82) is 0 Å². The number of fused-ring (bicyclic) bond motifs is 1. The molecule has 3 atom stereocenters. The van der Waals surface area contributed by atoms with Crippen molar-refractivity contribution in [3.63, 3.8) is 0 Å². The molecule has 0 aromatic heterocycles. The molecule has 2 heterocycles. The van der Waals surface area contributed by atoms with Crippen molar-refractivity contribution in [2.75, 3.05) is 13.2 Å². The molecule has 0 aliphatic carbocycles. The third-order valence-electron chi connectivity index (χ3n) is 2.14. The van der Waals surface area contributed by atoms with Gasteiger partial charge >= 0.3 is 0 Å². The summed E-state index contributed by atoms with van der Waals surface area (Å²) >= 11 is 0. The number of hydrogen-bond acceptors (Lipinski definition) is 5. The highest BCUT2D eigenvalue weighted by Crippen LogP contribution is 2.19. The number of hydrogen-bond donors (Lipinski definition) is 2. The molecule has 2 aliphatic heterocycles. The van der Waals surface area contributed by atoms with E-state index in [9.17, 15) is 5.11 Å². The molecular weight excluding hydrogens is 148 g/mol. The van der Waals surface area contributed by atoms with Crippen molar-refractivity contribution in [2.24, 2.45) is 0 Å². The van der Waals surface area contributed by atoms with Crippen molar-refractivity contribution >= 4 is 0 Å². The Morgan fingerprint density at radius 3 is 3.18 bits per heavy atom. The molecule has 0 radical (unpaired) electrons. The van der Waals surface area contributed by atoms with Crippen molar-refractivity contribution in [3.8, 4) is 0 Å². The number of nitrogens with one attached hydrogen (secondary N) is 1. The van der Waals surface area contributed by atoms with Gasteiger partial charge in [-0.25, -0.2) is 5.01 Å². The van der Waals surface area contributed by atoms with Crippen molar-refractivity contribution in [1.82, 2.24) is 10.6 Å². The Kier molecular flexibility index (Phi) is 1.82. The molecule has 5 heteroatoms. The molecule has 0 amide bonds. The monoisotopic (exact) mass is 160 g/mol. The number of aliphatic hydroxyl groups is 1. The summed E-state index contributed by atoms with van der Waals surface area (Å²) in [5, 5.41) is 11.1. The number of ether oxygens (including phenoxy) is 1. The highest BCUT2D eigenvalue weighted by atomic mass is 16.8. The Bertz CT molecular complexity index is 153. The first-order chi connectivity index (χ1) is 5.29. The van der Waals surface area contributed by atoms with Crippen molar-refractivity contribution in [3.05, 3.63) is 0 Å². The minimum absolute atomic E-state index is 0.0220. The molecule has 64 valence electrons. The lowest BCUT2D eigenvalue weighted by Crippen LogP contribution is -2.52. The quantitative estimate of drug-likeness (QED) is 0.468. The van der Waals surface area contributed by atoms with Gasteiger partial charge in [-0.05, 0) is 6.92 Å². The number of hydrazine groups is 1. The molecule has 0 aromatic carbocycles. The lowest BCUT2D eigenvalue weighted by Gasteiger charge is -2.32. The number of morpholine rings is 1. The molecule has 2 aliphatic rings. The smallest absolute Gasteiger partial charge is 0.195 e. The first-order valence-electron chi connectivity index (χ1n) is 3.76. The molecule has 0 bridgehead atoms. The van der Waals surface area contributed by atoms with Gasteiger partial charge < -0.3 is 9.84 Å². The van der Waals surface area contributed by atoms with Gasteiger partial charge in [-0.2, -0.15) is 0 Å². The maximum atomic E-state index is 9.29. The number of aliphatic hydroxyl groups excluding tert-OH is 1. The lowest BCUT2D eigenvalue weighted by molar-refractivity contribution is -0.119. The summed E-state index contributed by atoms with van der Waals surface area (Å²) < 4.78 is 5.34. The Balaban J connectivity index is 2.08. The fraction of sp³-hybridized carbons (Fsp3) is 1.00. The fourth-order valence-corrected chi connectivity index (χ4v) is 1.52. The van der Waals surface area contributed by atoms with E-state index in [4.69, 9.17) is 9.57 Å². The topological polar surface area (TPSA) is 54.0 Å². The summed E-state index contributed by atoms with van der Waals surface area (Å²) in [6.45, 7) is 3.36. The van der Waals surface area contributed by atoms with Gasteiger partial charge in [0.15, 0.2) is 6.29 Å². The minimum Gasteiger partial charge on any atom is -0.375 e. The van der Waals surface area contributed by atoms with E-state index in [0.29, 0.717) is 6.61 Å². The number of nitrogens with zero attached hydrogens (tertiary/aromatic N) is 1. The number of rotatable bonds is 0. The van der Waals surface area contributed by atoms with Crippen molar-refractivity contribution in [2.45, 2.75) is 25.4 Å². The molecule has 0 aromatic rings. The second-order valence-corrected chi connectivity index (χ2v) is 2.86. The van der Waals surface area contributed by atoms with E-state index in [-0.39, 0.29) is 12.1 Å². The summed E-state index contributed by atoms with van der Waals surface area (Å²) in [4.78, 5) is 4.82. The van der Waals surface area contributed by atoms with E-state index in [1.165, 1.54) is 0 Å². The summed E-state index contributed by atoms with van der Waals surface area (Å²) in [6.07, 6.45) is -0.751. The molecule has 2 rings (SSSR count). The van der Waals surface area contributed by atoms with Crippen LogP contribution in [0.15, 0.2) is 0 Å². The molecule has 11 heavy (non-hydrogen) atoms. The Morgan fingerprint density at radius 1 is 1.64 bits per heavy atom. The predicted octanol–water partition coefficient (Wildman–Crippen LogP) is -1.16. The van der Waals surface area contributed by atoms with Crippen LogP contribution in [0.1, 0.15) is 6.92 Å². The van der Waals surface area contributed by atoms with E-state index >= 15 is 0 Å². The normalized spacial score (nSPS) is 45.8. The molecule has 0 spiro atoms. The van der Waals surface area contributed by atoms with E-state index < -0.39 is 6.29 Å². The average molecular weight is 160 g/mol. The lowest BCUT2D eigenvalue weighted by atomic mass is 10.1. The van der Waals surface area contributed by atoms with Gasteiger partial charge in [-0.1, -0.05) is 0 Å². The van der Waals surface area contributed by atoms with E-state index in [1.807, 2.05) is 11.9 Å². The first kappa shape index (κ1) is 7.45. The van der Waals surface area contributed by atoms with Gasteiger partial charge in [0.1, 0.15) is 6.04 Å². The third kappa shape index (κ3) is 1.15. The van der Waals surface area contributed by atoms with Crippen LogP contribution in [-0.4, -0.2) is 41.7 Å². The summed E-state index contributed by atoms with van der Waals surface area (Å²) in [7, 11) is 0. The second-order valence-electron chi connectivity index (χ2n) is 2.86. The summed E-state index contributed by atoms with van der Waals surface area (Å²) in [6, 6.07) is -0.0660. The van der Waals surface area contributed by atoms with Gasteiger partial charge in [0, 0.05) is 6.54 Å². The molecule has 2 fully saturated rings. The van der Waals surface area contributed by atoms with E-state index in [2.05, 4.69) is 5.59 Å². The van der Waals surface area contributed by atoms with Crippen molar-refractivity contribution < 1.29 is 14.7 Å². The highest BCUT2D eigenvalue weighted by molar-refractivity contribution is 4.83.